The van der Waals surface area contributed by atoms with Crippen molar-refractivity contribution in [3.63, 3.8) is 0 Å². The van der Waals surface area contributed by atoms with E-state index in [1.54, 1.807) is 18.2 Å². The Morgan fingerprint density at radius 1 is 0.789 bits per heavy atom. The molecule has 0 spiro atoms. The number of carbonyl (C=O) groups is 1. The molecule has 0 saturated carbocycles. The Kier molecular flexibility index (Phi) is 7.33. The lowest BCUT2D eigenvalue weighted by Crippen LogP contribution is -2.25. The van der Waals surface area contributed by atoms with Gasteiger partial charge < -0.3 is 10.6 Å². The maximum absolute atomic E-state index is 13.4. The van der Waals surface area contributed by atoms with Gasteiger partial charge in [0.1, 0.15) is 5.82 Å². The lowest BCUT2D eigenvalue weighted by atomic mass is 10.0. The van der Waals surface area contributed by atoms with Crippen molar-refractivity contribution in [2.75, 3.05) is 5.32 Å². The van der Waals surface area contributed by atoms with Crippen molar-refractivity contribution in [3.8, 4) is 11.1 Å². The molecule has 1 amide bonds. The highest BCUT2D eigenvalue weighted by atomic mass is 19.4. The van der Waals surface area contributed by atoms with Crippen LogP contribution in [0.15, 0.2) is 79.1 Å². The van der Waals surface area contributed by atoms with Gasteiger partial charge in [0, 0.05) is 35.8 Å². The van der Waals surface area contributed by atoms with Crippen molar-refractivity contribution in [2.45, 2.75) is 18.9 Å². The molecular weight excluding hydrogens is 517 g/mol. The van der Waals surface area contributed by atoms with Crippen LogP contribution in [0.25, 0.3) is 11.1 Å². The van der Waals surface area contributed by atoms with E-state index in [9.17, 15) is 35.5 Å². The third-order valence-electron chi connectivity index (χ3n) is 5.37. The second-order valence-corrected chi connectivity index (χ2v) is 8.06. The molecule has 38 heavy (non-hydrogen) atoms. The smallest absolute Gasteiger partial charge is 0.348 e. The molecule has 0 radical (unpaired) electrons. The minimum absolute atomic E-state index is 0.0194. The summed E-state index contributed by atoms with van der Waals surface area (Å²) in [6.07, 6.45) is -7.04. The number of anilines is 2. The Morgan fingerprint density at radius 2 is 1.50 bits per heavy atom. The van der Waals surface area contributed by atoms with E-state index in [0.717, 1.165) is 0 Å². The fraction of sp³-hybridized carbons (Fsp3) is 0.115. The molecule has 5 nitrogen and oxygen atoms in total. The van der Waals surface area contributed by atoms with Gasteiger partial charge in [-0.15, -0.1) is 0 Å². The summed E-state index contributed by atoms with van der Waals surface area (Å²) in [4.78, 5) is 20.9. The van der Waals surface area contributed by atoms with Gasteiger partial charge in [0.15, 0.2) is 0 Å². The molecule has 0 aliphatic rings. The summed E-state index contributed by atoms with van der Waals surface area (Å²) in [6, 6.07) is 13.0. The van der Waals surface area contributed by atoms with Gasteiger partial charge in [0.05, 0.1) is 11.1 Å². The highest BCUT2D eigenvalue weighted by Gasteiger charge is 2.38. The molecule has 0 aliphatic carbocycles. The van der Waals surface area contributed by atoms with Crippen LogP contribution in [0.3, 0.4) is 0 Å². The van der Waals surface area contributed by atoms with Crippen LogP contribution in [0.2, 0.25) is 0 Å². The van der Waals surface area contributed by atoms with Crippen LogP contribution in [0, 0.1) is 5.82 Å². The van der Waals surface area contributed by atoms with E-state index in [1.165, 1.54) is 42.7 Å². The molecule has 2 N–H and O–H groups in total. The van der Waals surface area contributed by atoms with Gasteiger partial charge >= 0.3 is 12.4 Å². The zero-order chi connectivity index (χ0) is 27.5. The molecule has 0 aliphatic heterocycles. The van der Waals surface area contributed by atoms with Crippen LogP contribution >= 0.6 is 0 Å². The summed E-state index contributed by atoms with van der Waals surface area (Å²) < 4.78 is 92.1. The first-order valence-electron chi connectivity index (χ1n) is 10.9. The molecule has 4 aromatic rings. The zero-order valence-electron chi connectivity index (χ0n) is 19.2. The molecule has 1 heterocycles. The summed E-state index contributed by atoms with van der Waals surface area (Å²) in [5.74, 6) is -0.987. The molecule has 0 unspecified atom stereocenters. The van der Waals surface area contributed by atoms with E-state index in [1.807, 2.05) is 0 Å². The SMILES string of the molecule is O=C(NCc1ccc(C(F)(F)F)cc1C(F)(F)F)c1cccc(Nc2ncc(-c3cccc(F)c3)cn2)c1. The normalized spacial score (nSPS) is 11.8. The largest absolute Gasteiger partial charge is 0.416 e. The number of hydrogen-bond donors (Lipinski definition) is 2. The highest BCUT2D eigenvalue weighted by Crippen LogP contribution is 2.37. The third kappa shape index (κ3) is 6.44. The highest BCUT2D eigenvalue weighted by molar-refractivity contribution is 5.95. The van der Waals surface area contributed by atoms with Gasteiger partial charge in [-0.2, -0.15) is 26.3 Å². The second kappa shape index (κ2) is 10.5. The summed E-state index contributed by atoms with van der Waals surface area (Å²) in [6.45, 7) is -0.645. The van der Waals surface area contributed by atoms with E-state index in [0.29, 0.717) is 28.9 Å². The van der Waals surface area contributed by atoms with Crippen molar-refractivity contribution < 1.29 is 35.5 Å². The van der Waals surface area contributed by atoms with E-state index in [-0.39, 0.29) is 17.6 Å². The fourth-order valence-corrected chi connectivity index (χ4v) is 3.53. The number of rotatable bonds is 6. The molecule has 1 aromatic heterocycles. The molecular formula is C26H17F7N4O. The van der Waals surface area contributed by atoms with Crippen molar-refractivity contribution in [1.82, 2.24) is 15.3 Å². The number of alkyl halides is 6. The fourth-order valence-electron chi connectivity index (χ4n) is 3.53. The van der Waals surface area contributed by atoms with Crippen molar-refractivity contribution in [2.24, 2.45) is 0 Å². The van der Waals surface area contributed by atoms with E-state index < -0.39 is 47.3 Å². The first kappa shape index (κ1) is 26.6. The number of carbonyl (C=O) groups excluding carboxylic acids is 1. The Balaban J connectivity index is 1.45. The van der Waals surface area contributed by atoms with Crippen molar-refractivity contribution in [3.05, 3.63) is 107 Å². The molecule has 12 heteroatoms. The summed E-state index contributed by atoms with van der Waals surface area (Å²) in [7, 11) is 0. The number of amides is 1. The molecule has 196 valence electrons. The Labute approximate surface area is 211 Å². The third-order valence-corrected chi connectivity index (χ3v) is 5.37. The van der Waals surface area contributed by atoms with Crippen molar-refractivity contribution >= 4 is 17.5 Å². The van der Waals surface area contributed by atoms with Crippen LogP contribution in [0.1, 0.15) is 27.0 Å². The topological polar surface area (TPSA) is 66.9 Å². The first-order valence-corrected chi connectivity index (χ1v) is 10.9. The number of benzene rings is 3. The van der Waals surface area contributed by atoms with E-state index >= 15 is 0 Å². The molecule has 0 saturated heterocycles. The summed E-state index contributed by atoms with van der Waals surface area (Å²) in [5, 5.41) is 5.18. The standard InChI is InChI=1S/C26H17F7N4O/c27-20-5-1-3-15(9-20)18-13-35-24(36-14-18)37-21-6-2-4-16(10-21)23(38)34-12-17-7-8-19(25(28,29)30)11-22(17)26(31,32)33/h1-11,13-14H,12H2,(H,34,38)(H,35,36,37). The maximum Gasteiger partial charge on any atom is 0.416 e. The van der Waals surface area contributed by atoms with E-state index in [4.69, 9.17) is 0 Å². The van der Waals surface area contributed by atoms with E-state index in [2.05, 4.69) is 20.6 Å². The van der Waals surface area contributed by atoms with Crippen LogP contribution < -0.4 is 10.6 Å². The Bertz CT molecular complexity index is 1450. The molecule has 0 fully saturated rings. The van der Waals surface area contributed by atoms with Gasteiger partial charge in [-0.1, -0.05) is 24.3 Å². The monoisotopic (exact) mass is 534 g/mol. The van der Waals surface area contributed by atoms with Gasteiger partial charge in [0.2, 0.25) is 5.95 Å². The molecule has 0 bridgehead atoms. The quantitative estimate of drug-likeness (QED) is 0.262. The number of halogens is 7. The molecule has 0 atom stereocenters. The minimum Gasteiger partial charge on any atom is -0.348 e. The molecule has 3 aromatic carbocycles. The maximum atomic E-state index is 13.4. The number of hydrogen-bond acceptors (Lipinski definition) is 4. The predicted molar refractivity (Wildman–Crippen MR) is 125 cm³/mol. The van der Waals surface area contributed by atoms with Gasteiger partial charge in [-0.3, -0.25) is 4.79 Å². The lowest BCUT2D eigenvalue weighted by molar-refractivity contribution is -0.143. The zero-order valence-corrected chi connectivity index (χ0v) is 19.2. The summed E-state index contributed by atoms with van der Waals surface area (Å²) >= 11 is 0. The summed E-state index contributed by atoms with van der Waals surface area (Å²) in [5.41, 5.74) is -1.82. The van der Waals surface area contributed by atoms with Gasteiger partial charge in [-0.05, 0) is 53.6 Å². The minimum atomic E-state index is -5.05. The predicted octanol–water partition coefficient (Wildman–Crippen LogP) is 6.99. The van der Waals surface area contributed by atoms with Crippen molar-refractivity contribution in [1.29, 1.82) is 0 Å². The van der Waals surface area contributed by atoms with Crippen LogP contribution in [-0.2, 0) is 18.9 Å². The molecule has 4 rings (SSSR count). The lowest BCUT2D eigenvalue weighted by Gasteiger charge is -2.16. The Hall–Kier alpha value is -4.48. The number of aromatic nitrogens is 2. The van der Waals surface area contributed by atoms with Gasteiger partial charge in [0.25, 0.3) is 5.91 Å². The number of nitrogens with one attached hydrogen (secondary N) is 2. The van der Waals surface area contributed by atoms with Crippen LogP contribution in [-0.4, -0.2) is 15.9 Å². The second-order valence-electron chi connectivity index (χ2n) is 8.06. The van der Waals surface area contributed by atoms with Crippen LogP contribution in [0.5, 0.6) is 0 Å². The van der Waals surface area contributed by atoms with Gasteiger partial charge in [-0.25, -0.2) is 14.4 Å². The first-order chi connectivity index (χ1) is 17.9. The average Bonchev–Trinajstić information content (AvgIpc) is 2.86. The number of nitrogens with zero attached hydrogens (tertiary/aromatic N) is 2. The average molecular weight is 534 g/mol. The Morgan fingerprint density at radius 3 is 2.16 bits per heavy atom. The van der Waals surface area contributed by atoms with Crippen LogP contribution in [0.4, 0.5) is 42.4 Å².